The summed E-state index contributed by atoms with van der Waals surface area (Å²) < 4.78 is 0. The highest BCUT2D eigenvalue weighted by Crippen LogP contribution is 2.44. The quantitative estimate of drug-likeness (QED) is 0.591. The van der Waals surface area contributed by atoms with Gasteiger partial charge in [0.05, 0.1) is 17.5 Å². The van der Waals surface area contributed by atoms with Crippen molar-refractivity contribution in [1.82, 2.24) is 15.0 Å². The average Bonchev–Trinajstić information content (AvgIpc) is 3.47. The second-order valence-corrected chi connectivity index (χ2v) is 10.9. The van der Waals surface area contributed by atoms with Crippen LogP contribution in [0.15, 0.2) is 36.7 Å². The summed E-state index contributed by atoms with van der Waals surface area (Å²) in [6.45, 7) is 8.06. The van der Waals surface area contributed by atoms with Crippen LogP contribution in [-0.2, 0) is 0 Å². The Labute approximate surface area is 181 Å². The highest BCUT2D eigenvalue weighted by Gasteiger charge is 2.40. The lowest BCUT2D eigenvalue weighted by Gasteiger charge is -2.24. The van der Waals surface area contributed by atoms with Crippen LogP contribution in [0.1, 0.15) is 44.0 Å². The normalized spacial score (nSPS) is 21.8. The van der Waals surface area contributed by atoms with Gasteiger partial charge < -0.3 is 9.88 Å². The molecular weight excluding hydrogens is 392 g/mol. The highest BCUT2D eigenvalue weighted by atomic mass is 32.2. The number of nitrogens with zero attached hydrogens (tertiary/aromatic N) is 3. The first-order valence-electron chi connectivity index (χ1n) is 10.7. The minimum absolute atomic E-state index is 0.0748. The third kappa shape index (κ3) is 3.41. The van der Waals surface area contributed by atoms with Crippen molar-refractivity contribution in [2.24, 2.45) is 10.8 Å². The maximum atomic E-state index is 12.8. The van der Waals surface area contributed by atoms with E-state index >= 15 is 0 Å². The molecule has 2 aliphatic heterocycles. The average molecular weight is 421 g/mol. The number of anilines is 1. The summed E-state index contributed by atoms with van der Waals surface area (Å²) in [5.74, 6) is 2.67. The number of nitrogens with one attached hydrogen (secondary N) is 1. The van der Waals surface area contributed by atoms with Gasteiger partial charge in [0, 0.05) is 41.7 Å². The largest absolute Gasteiger partial charge is 0.371 e. The standard InChI is InChI=1S/C24H28N4OS/c1-23(2,3)21(29)18-12-25-22-20(18)27-19(13-26-22)16-5-4-6-17(11-16)28-9-7-24(14-28)8-10-30-15-24/h4-6,11-13H,7-10,14-15H2,1-3H3,(H,25,26). The number of carbonyl (C=O) groups is 1. The van der Waals surface area contributed by atoms with Crippen LogP contribution in [-0.4, -0.2) is 45.3 Å². The number of thioether (sulfide) groups is 1. The number of benzene rings is 1. The molecule has 3 aromatic rings. The summed E-state index contributed by atoms with van der Waals surface area (Å²) in [4.78, 5) is 27.8. The van der Waals surface area contributed by atoms with Crippen LogP contribution in [0.2, 0.25) is 0 Å². The number of fused-ring (bicyclic) bond motifs is 1. The van der Waals surface area contributed by atoms with Gasteiger partial charge in [0.1, 0.15) is 5.52 Å². The number of ketones is 1. The van der Waals surface area contributed by atoms with Gasteiger partial charge in [0.25, 0.3) is 0 Å². The van der Waals surface area contributed by atoms with Crippen molar-refractivity contribution < 1.29 is 4.79 Å². The van der Waals surface area contributed by atoms with E-state index in [0.29, 0.717) is 22.1 Å². The topological polar surface area (TPSA) is 61.9 Å². The summed E-state index contributed by atoms with van der Waals surface area (Å²) in [6, 6.07) is 8.59. The fraction of sp³-hybridized carbons (Fsp3) is 0.458. The molecule has 1 aromatic carbocycles. The number of hydrogen-bond acceptors (Lipinski definition) is 5. The van der Waals surface area contributed by atoms with E-state index in [9.17, 15) is 4.79 Å². The Hall–Kier alpha value is -2.34. The smallest absolute Gasteiger partial charge is 0.171 e. The Morgan fingerprint density at radius 3 is 2.90 bits per heavy atom. The molecule has 6 heteroatoms. The van der Waals surface area contributed by atoms with Crippen molar-refractivity contribution in [2.45, 2.75) is 33.6 Å². The first-order valence-corrected chi connectivity index (χ1v) is 11.8. The highest BCUT2D eigenvalue weighted by molar-refractivity contribution is 7.99. The second kappa shape index (κ2) is 7.12. The van der Waals surface area contributed by atoms with Crippen LogP contribution in [0, 0.1) is 10.8 Å². The van der Waals surface area contributed by atoms with Crippen molar-refractivity contribution in [3.63, 3.8) is 0 Å². The molecule has 1 unspecified atom stereocenters. The Balaban J connectivity index is 1.47. The number of carbonyl (C=O) groups excluding carboxylic acids is 1. The molecule has 0 bridgehead atoms. The van der Waals surface area contributed by atoms with Gasteiger partial charge in [-0.2, -0.15) is 11.8 Å². The molecule has 2 fully saturated rings. The maximum absolute atomic E-state index is 12.8. The molecule has 0 radical (unpaired) electrons. The maximum Gasteiger partial charge on any atom is 0.171 e. The molecule has 5 rings (SSSR count). The molecule has 156 valence electrons. The van der Waals surface area contributed by atoms with Crippen LogP contribution >= 0.6 is 11.8 Å². The summed E-state index contributed by atoms with van der Waals surface area (Å²) in [5.41, 5.74) is 5.07. The van der Waals surface area contributed by atoms with E-state index in [-0.39, 0.29) is 5.78 Å². The zero-order valence-electron chi connectivity index (χ0n) is 17.9. The van der Waals surface area contributed by atoms with Crippen LogP contribution < -0.4 is 4.90 Å². The lowest BCUT2D eigenvalue weighted by atomic mass is 9.87. The van der Waals surface area contributed by atoms with Gasteiger partial charge in [0.15, 0.2) is 11.4 Å². The van der Waals surface area contributed by atoms with E-state index in [1.807, 2.05) is 20.8 Å². The van der Waals surface area contributed by atoms with E-state index in [0.717, 1.165) is 24.3 Å². The number of aromatic nitrogens is 3. The second-order valence-electron chi connectivity index (χ2n) is 9.76. The molecule has 0 amide bonds. The van der Waals surface area contributed by atoms with Gasteiger partial charge in [-0.25, -0.2) is 9.97 Å². The molecule has 2 aliphatic rings. The summed E-state index contributed by atoms with van der Waals surface area (Å²) in [7, 11) is 0. The SMILES string of the molecule is CC(C)(C)C(=O)c1c[nH]c2ncc(-c3cccc(N4CCC5(CCSC5)C4)c3)nc12. The number of H-pyrrole nitrogens is 1. The summed E-state index contributed by atoms with van der Waals surface area (Å²) in [6.07, 6.45) is 6.16. The van der Waals surface area contributed by atoms with E-state index in [1.54, 1.807) is 12.4 Å². The van der Waals surface area contributed by atoms with E-state index in [2.05, 4.69) is 50.9 Å². The fourth-order valence-electron chi connectivity index (χ4n) is 4.60. The fourth-order valence-corrected chi connectivity index (χ4v) is 6.13. The third-order valence-electron chi connectivity index (χ3n) is 6.44. The van der Waals surface area contributed by atoms with E-state index in [1.165, 1.54) is 30.0 Å². The van der Waals surface area contributed by atoms with Crippen LogP contribution in [0.25, 0.3) is 22.4 Å². The van der Waals surface area contributed by atoms with Gasteiger partial charge in [-0.05, 0) is 36.1 Å². The molecule has 2 saturated heterocycles. The molecule has 2 aromatic heterocycles. The van der Waals surface area contributed by atoms with Crippen molar-refractivity contribution in [2.75, 3.05) is 29.5 Å². The molecule has 30 heavy (non-hydrogen) atoms. The third-order valence-corrected chi connectivity index (χ3v) is 7.75. The lowest BCUT2D eigenvalue weighted by Crippen LogP contribution is -2.26. The molecule has 4 heterocycles. The Kier molecular flexibility index (Phi) is 4.65. The zero-order valence-corrected chi connectivity index (χ0v) is 18.7. The van der Waals surface area contributed by atoms with Gasteiger partial charge in [-0.1, -0.05) is 32.9 Å². The summed E-state index contributed by atoms with van der Waals surface area (Å²) in [5, 5.41) is 0. The molecule has 0 saturated carbocycles. The van der Waals surface area contributed by atoms with Crippen molar-refractivity contribution >= 4 is 34.4 Å². The predicted molar refractivity (Wildman–Crippen MR) is 124 cm³/mol. The van der Waals surface area contributed by atoms with E-state index < -0.39 is 5.41 Å². The van der Waals surface area contributed by atoms with Crippen LogP contribution in [0.4, 0.5) is 5.69 Å². The molecular formula is C24H28N4OS. The Morgan fingerprint density at radius 2 is 2.13 bits per heavy atom. The number of rotatable bonds is 3. The molecule has 5 nitrogen and oxygen atoms in total. The van der Waals surface area contributed by atoms with Gasteiger partial charge in [0.2, 0.25) is 0 Å². The Bertz CT molecular complexity index is 1110. The van der Waals surface area contributed by atoms with Gasteiger partial charge in [-0.15, -0.1) is 0 Å². The van der Waals surface area contributed by atoms with Crippen LogP contribution in [0.3, 0.4) is 0 Å². The van der Waals surface area contributed by atoms with Gasteiger partial charge in [-0.3, -0.25) is 4.79 Å². The Morgan fingerprint density at radius 1 is 1.27 bits per heavy atom. The van der Waals surface area contributed by atoms with Crippen LogP contribution in [0.5, 0.6) is 0 Å². The molecule has 1 spiro atoms. The summed E-state index contributed by atoms with van der Waals surface area (Å²) >= 11 is 2.10. The van der Waals surface area contributed by atoms with E-state index in [4.69, 9.17) is 4.98 Å². The monoisotopic (exact) mass is 420 g/mol. The molecule has 0 aliphatic carbocycles. The first-order chi connectivity index (χ1) is 14.3. The number of aromatic amines is 1. The molecule has 1 atom stereocenters. The van der Waals surface area contributed by atoms with Gasteiger partial charge >= 0.3 is 0 Å². The number of Topliss-reactive ketones (excluding diaryl/α,β-unsaturated/α-hetero) is 1. The molecule has 1 N–H and O–H groups in total. The minimum Gasteiger partial charge on any atom is -0.371 e. The minimum atomic E-state index is -0.461. The lowest BCUT2D eigenvalue weighted by molar-refractivity contribution is 0.0860. The number of hydrogen-bond donors (Lipinski definition) is 1. The van der Waals surface area contributed by atoms with Crippen molar-refractivity contribution in [3.05, 3.63) is 42.2 Å². The predicted octanol–water partition coefficient (Wildman–Crippen LogP) is 5.19. The zero-order chi connectivity index (χ0) is 20.9. The van der Waals surface area contributed by atoms with Crippen molar-refractivity contribution in [3.8, 4) is 11.3 Å². The first kappa shape index (κ1) is 19.6. The van der Waals surface area contributed by atoms with Crippen molar-refractivity contribution in [1.29, 1.82) is 0 Å².